The Morgan fingerprint density at radius 3 is 2.47 bits per heavy atom. The van der Waals surface area contributed by atoms with Gasteiger partial charge in [0.1, 0.15) is 0 Å². The van der Waals surface area contributed by atoms with Gasteiger partial charge in [-0.1, -0.05) is 18.2 Å². The molecule has 1 amide bonds. The van der Waals surface area contributed by atoms with E-state index >= 15 is 0 Å². The summed E-state index contributed by atoms with van der Waals surface area (Å²) in [6, 6.07) is 9.65. The van der Waals surface area contributed by atoms with Crippen LogP contribution in [0.1, 0.15) is 20.8 Å². The number of carbonyl (C=O) groups is 1. The number of hydrogen-bond acceptors (Lipinski definition) is 3. The number of ether oxygens (including phenoxy) is 1. The number of anilines is 1. The molecule has 0 aliphatic rings. The molecule has 0 saturated heterocycles. The molecular weight excluding hydrogens is 240 g/mol. The average molecular weight is 264 g/mol. The zero-order valence-electron chi connectivity index (χ0n) is 12.2. The highest BCUT2D eigenvalue weighted by Gasteiger charge is 2.21. The van der Waals surface area contributed by atoms with Crippen LogP contribution in [0.25, 0.3) is 0 Å². The Kier molecular flexibility index (Phi) is 6.53. The number of methoxy groups -OCH3 is 1. The van der Waals surface area contributed by atoms with E-state index in [2.05, 4.69) is 5.32 Å². The largest absolute Gasteiger partial charge is 0.383 e. The van der Waals surface area contributed by atoms with Crippen molar-refractivity contribution in [3.05, 3.63) is 30.3 Å². The Morgan fingerprint density at radius 1 is 1.32 bits per heavy atom. The fourth-order valence-corrected chi connectivity index (χ4v) is 2.10. The molecule has 2 unspecified atom stereocenters. The first kappa shape index (κ1) is 15.7. The molecule has 0 saturated carbocycles. The smallest absolute Gasteiger partial charge is 0.243 e. The molecule has 2 atom stereocenters. The minimum Gasteiger partial charge on any atom is -0.383 e. The van der Waals surface area contributed by atoms with Gasteiger partial charge in [0.15, 0.2) is 0 Å². The Labute approximate surface area is 115 Å². The van der Waals surface area contributed by atoms with E-state index < -0.39 is 0 Å². The lowest BCUT2D eigenvalue weighted by atomic mass is 10.2. The first-order chi connectivity index (χ1) is 9.10. The Bertz CT molecular complexity index is 381. The SMILES string of the molecule is CCN(C(=O)C(C)NC(C)COC)c1ccccc1. The molecule has 4 heteroatoms. The van der Waals surface area contributed by atoms with Crippen LogP contribution >= 0.6 is 0 Å². The van der Waals surface area contributed by atoms with E-state index in [-0.39, 0.29) is 18.0 Å². The number of likely N-dealkylation sites (N-methyl/N-ethyl adjacent to an activating group) is 1. The molecule has 0 aliphatic carbocycles. The molecule has 0 aromatic heterocycles. The van der Waals surface area contributed by atoms with Gasteiger partial charge in [-0.2, -0.15) is 0 Å². The van der Waals surface area contributed by atoms with Crippen LogP contribution in [0.15, 0.2) is 30.3 Å². The summed E-state index contributed by atoms with van der Waals surface area (Å²) in [6.07, 6.45) is 0. The third kappa shape index (κ3) is 4.65. The van der Waals surface area contributed by atoms with Crippen LogP contribution in [0.4, 0.5) is 5.69 Å². The maximum Gasteiger partial charge on any atom is 0.243 e. The topological polar surface area (TPSA) is 41.6 Å². The molecule has 0 heterocycles. The van der Waals surface area contributed by atoms with Crippen molar-refractivity contribution < 1.29 is 9.53 Å². The second kappa shape index (κ2) is 7.92. The number of benzene rings is 1. The van der Waals surface area contributed by atoms with Gasteiger partial charge < -0.3 is 15.0 Å². The third-order valence-electron chi connectivity index (χ3n) is 2.97. The van der Waals surface area contributed by atoms with Gasteiger partial charge in [0, 0.05) is 25.4 Å². The number of para-hydroxylation sites is 1. The van der Waals surface area contributed by atoms with Crippen molar-refractivity contribution in [2.24, 2.45) is 0 Å². The molecule has 0 radical (unpaired) electrons. The molecule has 1 rings (SSSR count). The van der Waals surface area contributed by atoms with E-state index in [0.29, 0.717) is 13.2 Å². The van der Waals surface area contributed by atoms with Crippen LogP contribution in [0.5, 0.6) is 0 Å². The van der Waals surface area contributed by atoms with Crippen LogP contribution in [0.3, 0.4) is 0 Å². The van der Waals surface area contributed by atoms with Crippen LogP contribution in [0.2, 0.25) is 0 Å². The normalized spacial score (nSPS) is 13.9. The van der Waals surface area contributed by atoms with Crippen LogP contribution in [-0.4, -0.2) is 38.3 Å². The van der Waals surface area contributed by atoms with E-state index in [1.165, 1.54) is 0 Å². The van der Waals surface area contributed by atoms with Gasteiger partial charge in [0.2, 0.25) is 5.91 Å². The summed E-state index contributed by atoms with van der Waals surface area (Å²) in [5, 5.41) is 3.25. The quantitative estimate of drug-likeness (QED) is 0.819. The summed E-state index contributed by atoms with van der Waals surface area (Å²) in [5.74, 6) is 0.0802. The monoisotopic (exact) mass is 264 g/mol. The lowest BCUT2D eigenvalue weighted by Crippen LogP contribution is -2.48. The zero-order chi connectivity index (χ0) is 14.3. The molecule has 1 aromatic rings. The fourth-order valence-electron chi connectivity index (χ4n) is 2.10. The van der Waals surface area contributed by atoms with E-state index in [1.807, 2.05) is 51.1 Å². The predicted octanol–water partition coefficient (Wildman–Crippen LogP) is 2.05. The molecule has 4 nitrogen and oxygen atoms in total. The average Bonchev–Trinajstić information content (AvgIpc) is 2.40. The maximum atomic E-state index is 12.4. The number of nitrogens with zero attached hydrogens (tertiary/aromatic N) is 1. The van der Waals surface area contributed by atoms with E-state index in [0.717, 1.165) is 5.69 Å². The van der Waals surface area contributed by atoms with Crippen molar-refractivity contribution in [3.8, 4) is 0 Å². The molecule has 1 aromatic carbocycles. The summed E-state index contributed by atoms with van der Waals surface area (Å²) >= 11 is 0. The van der Waals surface area contributed by atoms with Gasteiger partial charge >= 0.3 is 0 Å². The Hall–Kier alpha value is -1.39. The fraction of sp³-hybridized carbons (Fsp3) is 0.533. The molecule has 0 fully saturated rings. The first-order valence-corrected chi connectivity index (χ1v) is 6.71. The van der Waals surface area contributed by atoms with E-state index in [1.54, 1.807) is 12.0 Å². The van der Waals surface area contributed by atoms with Crippen molar-refractivity contribution in [2.75, 3.05) is 25.2 Å². The van der Waals surface area contributed by atoms with Gasteiger partial charge in [0.25, 0.3) is 0 Å². The summed E-state index contributed by atoms with van der Waals surface area (Å²) in [5.41, 5.74) is 0.933. The van der Waals surface area contributed by atoms with Gasteiger partial charge in [0.05, 0.1) is 12.6 Å². The third-order valence-corrected chi connectivity index (χ3v) is 2.97. The molecule has 0 aliphatic heterocycles. The first-order valence-electron chi connectivity index (χ1n) is 6.71. The highest BCUT2D eigenvalue weighted by Crippen LogP contribution is 2.14. The van der Waals surface area contributed by atoms with Gasteiger partial charge in [-0.3, -0.25) is 4.79 Å². The maximum absolute atomic E-state index is 12.4. The number of hydrogen-bond donors (Lipinski definition) is 1. The van der Waals surface area contributed by atoms with Crippen LogP contribution < -0.4 is 10.2 Å². The molecule has 0 bridgehead atoms. The number of rotatable bonds is 7. The van der Waals surface area contributed by atoms with E-state index in [4.69, 9.17) is 4.74 Å². The highest BCUT2D eigenvalue weighted by molar-refractivity contribution is 5.96. The predicted molar refractivity (Wildman–Crippen MR) is 78.4 cm³/mol. The number of amides is 1. The summed E-state index contributed by atoms with van der Waals surface area (Å²) in [7, 11) is 1.66. The van der Waals surface area contributed by atoms with Crippen molar-refractivity contribution in [1.29, 1.82) is 0 Å². The van der Waals surface area contributed by atoms with Gasteiger partial charge in [-0.15, -0.1) is 0 Å². The second-order valence-corrected chi connectivity index (χ2v) is 4.66. The molecule has 19 heavy (non-hydrogen) atoms. The summed E-state index contributed by atoms with van der Waals surface area (Å²) in [6.45, 7) is 7.13. The summed E-state index contributed by atoms with van der Waals surface area (Å²) < 4.78 is 5.07. The lowest BCUT2D eigenvalue weighted by Gasteiger charge is -2.26. The number of carbonyl (C=O) groups excluding carboxylic acids is 1. The zero-order valence-corrected chi connectivity index (χ0v) is 12.2. The summed E-state index contributed by atoms with van der Waals surface area (Å²) in [4.78, 5) is 14.2. The highest BCUT2D eigenvalue weighted by atomic mass is 16.5. The molecular formula is C15H24N2O2. The molecule has 0 spiro atoms. The Balaban J connectivity index is 2.68. The van der Waals surface area contributed by atoms with Crippen molar-refractivity contribution in [1.82, 2.24) is 5.32 Å². The standard InChI is InChI=1S/C15H24N2O2/c1-5-17(14-9-7-6-8-10-14)15(18)13(3)16-12(2)11-19-4/h6-10,12-13,16H,5,11H2,1-4H3. The minimum atomic E-state index is -0.231. The van der Waals surface area contributed by atoms with Crippen molar-refractivity contribution in [2.45, 2.75) is 32.9 Å². The van der Waals surface area contributed by atoms with E-state index in [9.17, 15) is 4.79 Å². The minimum absolute atomic E-state index is 0.0802. The van der Waals surface area contributed by atoms with Crippen LogP contribution in [0, 0.1) is 0 Å². The molecule has 1 N–H and O–H groups in total. The van der Waals surface area contributed by atoms with Gasteiger partial charge in [-0.05, 0) is 32.9 Å². The number of nitrogens with one attached hydrogen (secondary N) is 1. The van der Waals surface area contributed by atoms with Gasteiger partial charge in [-0.25, -0.2) is 0 Å². The lowest BCUT2D eigenvalue weighted by molar-refractivity contribution is -0.120. The van der Waals surface area contributed by atoms with Crippen molar-refractivity contribution in [3.63, 3.8) is 0 Å². The second-order valence-electron chi connectivity index (χ2n) is 4.66. The van der Waals surface area contributed by atoms with Crippen LogP contribution in [-0.2, 0) is 9.53 Å². The molecule has 106 valence electrons. The Morgan fingerprint density at radius 2 is 1.95 bits per heavy atom. The van der Waals surface area contributed by atoms with Crippen molar-refractivity contribution >= 4 is 11.6 Å².